The number of ether oxygens (including phenoxy) is 1. The molecule has 0 atom stereocenters. The lowest BCUT2D eigenvalue weighted by atomic mass is 10.2. The van der Waals surface area contributed by atoms with Gasteiger partial charge in [-0.2, -0.15) is 10.1 Å². The summed E-state index contributed by atoms with van der Waals surface area (Å²) in [4.78, 5) is 11.0. The minimum absolute atomic E-state index is 0.0792. The molecule has 2 aromatic rings. The van der Waals surface area contributed by atoms with Crippen LogP contribution in [-0.2, 0) is 4.74 Å². The molecule has 0 amide bonds. The Morgan fingerprint density at radius 3 is 2.76 bits per heavy atom. The Hall–Kier alpha value is -2.09. The van der Waals surface area contributed by atoms with Gasteiger partial charge in [0.15, 0.2) is 5.82 Å². The van der Waals surface area contributed by atoms with Gasteiger partial charge in [-0.25, -0.2) is 4.98 Å². The Morgan fingerprint density at radius 1 is 1.24 bits per heavy atom. The first kappa shape index (κ1) is 17.7. The minimum atomic E-state index is -0.0792. The molecule has 9 heteroatoms. The fraction of sp³-hybridized carbons (Fsp3) is 0.312. The molecule has 0 bridgehead atoms. The standard InChI is InChI=1S/C16H17Cl2N5O2/c1-10-6-14(21-16(20-10)23-2-4-25-5-3-23)22-19-9-11-7-12(17)8-13(18)15(11)24/h6-9,24H,2-5H2,1H3,(H,20,21,22). The summed E-state index contributed by atoms with van der Waals surface area (Å²) in [5, 5.41) is 14.6. The van der Waals surface area contributed by atoms with Crippen LogP contribution in [0, 0.1) is 6.92 Å². The predicted octanol–water partition coefficient (Wildman–Crippen LogP) is 3.08. The first-order valence-electron chi connectivity index (χ1n) is 7.68. The summed E-state index contributed by atoms with van der Waals surface area (Å²) in [6, 6.07) is 4.82. The van der Waals surface area contributed by atoms with Crippen LogP contribution in [0.3, 0.4) is 0 Å². The zero-order chi connectivity index (χ0) is 17.8. The number of hydrazone groups is 1. The van der Waals surface area contributed by atoms with E-state index < -0.39 is 0 Å². The van der Waals surface area contributed by atoms with Gasteiger partial charge in [0.2, 0.25) is 5.95 Å². The van der Waals surface area contributed by atoms with Gasteiger partial charge < -0.3 is 14.7 Å². The number of hydrogen-bond acceptors (Lipinski definition) is 7. The van der Waals surface area contributed by atoms with Gasteiger partial charge in [-0.15, -0.1) is 0 Å². The largest absolute Gasteiger partial charge is 0.506 e. The van der Waals surface area contributed by atoms with E-state index >= 15 is 0 Å². The van der Waals surface area contributed by atoms with E-state index in [4.69, 9.17) is 27.9 Å². The van der Waals surface area contributed by atoms with Crippen LogP contribution in [0.1, 0.15) is 11.3 Å². The zero-order valence-corrected chi connectivity index (χ0v) is 15.0. The van der Waals surface area contributed by atoms with Gasteiger partial charge >= 0.3 is 0 Å². The van der Waals surface area contributed by atoms with Crippen molar-refractivity contribution in [2.24, 2.45) is 5.10 Å². The number of aromatic nitrogens is 2. The highest BCUT2D eigenvalue weighted by Crippen LogP contribution is 2.30. The van der Waals surface area contributed by atoms with E-state index in [1.165, 1.54) is 12.3 Å². The molecular formula is C16H17Cl2N5O2. The van der Waals surface area contributed by atoms with Crippen molar-refractivity contribution in [1.82, 2.24) is 9.97 Å². The number of nitrogens with one attached hydrogen (secondary N) is 1. The van der Waals surface area contributed by atoms with Crippen molar-refractivity contribution in [1.29, 1.82) is 0 Å². The molecule has 0 unspecified atom stereocenters. The molecule has 7 nitrogen and oxygen atoms in total. The van der Waals surface area contributed by atoms with Crippen LogP contribution < -0.4 is 10.3 Å². The molecule has 1 aliphatic rings. The van der Waals surface area contributed by atoms with E-state index in [1.807, 2.05) is 6.92 Å². The number of halogens is 2. The molecular weight excluding hydrogens is 365 g/mol. The summed E-state index contributed by atoms with van der Waals surface area (Å²) < 4.78 is 5.34. The maximum Gasteiger partial charge on any atom is 0.227 e. The second kappa shape index (κ2) is 7.86. The smallest absolute Gasteiger partial charge is 0.227 e. The fourth-order valence-corrected chi connectivity index (χ4v) is 2.88. The second-order valence-corrected chi connectivity index (χ2v) is 6.33. The number of aryl methyl sites for hydroxylation is 1. The van der Waals surface area contributed by atoms with Gasteiger partial charge in [-0.3, -0.25) is 5.43 Å². The molecule has 132 valence electrons. The summed E-state index contributed by atoms with van der Waals surface area (Å²) in [6.07, 6.45) is 1.43. The monoisotopic (exact) mass is 381 g/mol. The lowest BCUT2D eigenvalue weighted by molar-refractivity contribution is 0.122. The number of anilines is 2. The molecule has 0 radical (unpaired) electrons. The Balaban J connectivity index is 1.76. The molecule has 3 rings (SSSR count). The van der Waals surface area contributed by atoms with E-state index in [-0.39, 0.29) is 10.8 Å². The van der Waals surface area contributed by atoms with Crippen molar-refractivity contribution in [3.8, 4) is 5.75 Å². The van der Waals surface area contributed by atoms with E-state index in [9.17, 15) is 5.11 Å². The van der Waals surface area contributed by atoms with E-state index in [1.54, 1.807) is 12.1 Å². The van der Waals surface area contributed by atoms with Gasteiger partial charge in [0.25, 0.3) is 0 Å². The summed E-state index contributed by atoms with van der Waals surface area (Å²) in [7, 11) is 0. The average molecular weight is 382 g/mol. The van der Waals surface area contributed by atoms with Gasteiger partial charge in [0.1, 0.15) is 5.75 Å². The highest BCUT2D eigenvalue weighted by molar-refractivity contribution is 6.36. The van der Waals surface area contributed by atoms with Crippen molar-refractivity contribution in [2.75, 3.05) is 36.6 Å². The average Bonchev–Trinajstić information content (AvgIpc) is 2.59. The Kier molecular flexibility index (Phi) is 5.57. The quantitative estimate of drug-likeness (QED) is 0.625. The number of phenolic OH excluding ortho intramolecular Hbond substituents is 1. The highest BCUT2D eigenvalue weighted by atomic mass is 35.5. The summed E-state index contributed by atoms with van der Waals surface area (Å²) >= 11 is 11.8. The molecule has 25 heavy (non-hydrogen) atoms. The van der Waals surface area contributed by atoms with E-state index in [2.05, 4.69) is 25.4 Å². The van der Waals surface area contributed by atoms with Crippen molar-refractivity contribution in [2.45, 2.75) is 6.92 Å². The number of phenols is 1. The number of benzene rings is 1. The lowest BCUT2D eigenvalue weighted by Crippen LogP contribution is -2.37. The van der Waals surface area contributed by atoms with Gasteiger partial charge in [-0.1, -0.05) is 23.2 Å². The number of hydrogen-bond donors (Lipinski definition) is 2. The Labute approximate surface area is 155 Å². The molecule has 2 heterocycles. The van der Waals surface area contributed by atoms with Crippen molar-refractivity contribution in [3.63, 3.8) is 0 Å². The molecule has 0 aliphatic carbocycles. The van der Waals surface area contributed by atoms with Crippen LogP contribution in [0.2, 0.25) is 10.0 Å². The molecule has 1 aliphatic heterocycles. The molecule has 1 fully saturated rings. The van der Waals surface area contributed by atoms with Crippen molar-refractivity contribution < 1.29 is 9.84 Å². The molecule has 1 aromatic heterocycles. The summed E-state index contributed by atoms with van der Waals surface area (Å²) in [5.74, 6) is 1.11. The number of morpholine rings is 1. The Bertz CT molecular complexity index is 794. The third-order valence-corrected chi connectivity index (χ3v) is 4.08. The Morgan fingerprint density at radius 2 is 2.00 bits per heavy atom. The fourth-order valence-electron chi connectivity index (χ4n) is 2.37. The predicted molar refractivity (Wildman–Crippen MR) is 99.1 cm³/mol. The maximum atomic E-state index is 9.92. The third kappa shape index (κ3) is 4.50. The third-order valence-electron chi connectivity index (χ3n) is 3.58. The van der Waals surface area contributed by atoms with Gasteiger partial charge in [0.05, 0.1) is 24.5 Å². The van der Waals surface area contributed by atoms with Gasteiger partial charge in [0, 0.05) is 35.4 Å². The van der Waals surface area contributed by atoms with Crippen molar-refractivity contribution in [3.05, 3.63) is 39.5 Å². The second-order valence-electron chi connectivity index (χ2n) is 5.49. The first-order valence-corrected chi connectivity index (χ1v) is 8.44. The van der Waals surface area contributed by atoms with Crippen LogP contribution in [0.25, 0.3) is 0 Å². The molecule has 1 aromatic carbocycles. The van der Waals surface area contributed by atoms with Crippen LogP contribution in [-0.4, -0.2) is 47.6 Å². The SMILES string of the molecule is Cc1cc(NN=Cc2cc(Cl)cc(Cl)c2O)nc(N2CCOCC2)n1. The summed E-state index contributed by atoms with van der Waals surface area (Å²) in [5.41, 5.74) is 4.07. The van der Waals surface area contributed by atoms with Crippen LogP contribution in [0.4, 0.5) is 11.8 Å². The van der Waals surface area contributed by atoms with E-state index in [0.29, 0.717) is 35.6 Å². The number of nitrogens with zero attached hydrogens (tertiary/aromatic N) is 4. The zero-order valence-electron chi connectivity index (χ0n) is 13.5. The van der Waals surface area contributed by atoms with Crippen molar-refractivity contribution >= 4 is 41.2 Å². The van der Waals surface area contributed by atoms with E-state index in [0.717, 1.165) is 18.8 Å². The highest BCUT2D eigenvalue weighted by Gasteiger charge is 2.14. The summed E-state index contributed by atoms with van der Waals surface area (Å²) in [6.45, 7) is 4.71. The first-order chi connectivity index (χ1) is 12.0. The minimum Gasteiger partial charge on any atom is -0.506 e. The lowest BCUT2D eigenvalue weighted by Gasteiger charge is -2.27. The van der Waals surface area contributed by atoms with Crippen LogP contribution in [0.15, 0.2) is 23.3 Å². The van der Waals surface area contributed by atoms with Crippen LogP contribution in [0.5, 0.6) is 5.75 Å². The van der Waals surface area contributed by atoms with Gasteiger partial charge in [-0.05, 0) is 19.1 Å². The topological polar surface area (TPSA) is 82.9 Å². The molecule has 0 spiro atoms. The maximum absolute atomic E-state index is 9.92. The number of aromatic hydroxyl groups is 1. The number of rotatable bonds is 4. The van der Waals surface area contributed by atoms with Crippen LogP contribution >= 0.6 is 23.2 Å². The molecule has 2 N–H and O–H groups in total. The molecule has 1 saturated heterocycles. The molecule has 0 saturated carbocycles. The normalized spacial score (nSPS) is 14.9.